The molecule has 0 amide bonds. The van der Waals surface area contributed by atoms with E-state index >= 15 is 0 Å². The number of aromatic nitrogens is 8. The lowest BCUT2D eigenvalue weighted by Gasteiger charge is -2.25. The van der Waals surface area contributed by atoms with Crippen LogP contribution in [0.15, 0.2) is 23.0 Å². The molecule has 6 rings (SSSR count). The van der Waals surface area contributed by atoms with E-state index in [1.54, 1.807) is 12.5 Å². The number of nitrogen functional groups attached to an aromatic ring is 2. The van der Waals surface area contributed by atoms with Gasteiger partial charge in [0.2, 0.25) is 4.86 Å². The summed E-state index contributed by atoms with van der Waals surface area (Å²) < 4.78 is 82.2. The summed E-state index contributed by atoms with van der Waals surface area (Å²) in [4.78, 5) is 62.4. The van der Waals surface area contributed by atoms with Gasteiger partial charge >= 0.3 is 30.8 Å². The van der Waals surface area contributed by atoms with Crippen LogP contribution in [-0.4, -0.2) is 146 Å². The average molecular weight is 961 g/mol. The Hall–Kier alpha value is -1.95. The molecule has 0 saturated carbocycles. The maximum absolute atomic E-state index is 12.8. The lowest BCUT2D eigenvalue weighted by atomic mass is 10.1. The van der Waals surface area contributed by atoms with E-state index in [0.717, 1.165) is 23.5 Å². The third kappa shape index (κ3) is 9.28. The van der Waals surface area contributed by atoms with Gasteiger partial charge in [-0.2, -0.15) is 0 Å². The molecule has 2 aliphatic heterocycles. The third-order valence-electron chi connectivity index (χ3n) is 8.23. The van der Waals surface area contributed by atoms with E-state index in [9.17, 15) is 58.3 Å². The zero-order chi connectivity index (χ0) is 42.7. The summed E-state index contributed by atoms with van der Waals surface area (Å²) in [6, 6.07) is 0. The minimum absolute atomic E-state index is 0.000751. The maximum Gasteiger partial charge on any atom is 0.479 e. The number of hydrogen-bond acceptors (Lipinski definition) is 24. The van der Waals surface area contributed by atoms with E-state index in [-0.39, 0.29) is 44.3 Å². The number of imidazole rings is 2. The Morgan fingerprint density at radius 1 is 0.707 bits per heavy atom. The van der Waals surface area contributed by atoms with Gasteiger partial charge in [0.25, 0.3) is 0 Å². The first-order chi connectivity index (χ1) is 27.0. The number of ether oxygens (including phenoxy) is 2. The number of phosphoric ester groups is 2. The number of hydrogen-bond donors (Lipinski definition) is 10. The van der Waals surface area contributed by atoms with Crippen molar-refractivity contribution in [1.82, 2.24) is 39.0 Å². The molecule has 58 heavy (non-hydrogen) atoms. The van der Waals surface area contributed by atoms with E-state index in [1.807, 2.05) is 0 Å². The van der Waals surface area contributed by atoms with Crippen molar-refractivity contribution >= 4 is 99.9 Å². The molecule has 12 N–H and O–H groups in total. The molecule has 0 aromatic carbocycles. The van der Waals surface area contributed by atoms with E-state index in [2.05, 4.69) is 47.6 Å². The Bertz CT molecular complexity index is 2230. The van der Waals surface area contributed by atoms with Crippen LogP contribution >= 0.6 is 66.0 Å². The fraction of sp³-hybridized carbons (Fsp3) is 0.565. The molecule has 35 heteroatoms. The highest BCUT2D eigenvalue weighted by Crippen LogP contribution is 2.76. The summed E-state index contributed by atoms with van der Waals surface area (Å²) in [5, 5.41) is 42.9. The zero-order valence-electron chi connectivity index (χ0n) is 29.1. The number of anilines is 2. The van der Waals surface area contributed by atoms with Gasteiger partial charge in [-0.25, -0.2) is 47.7 Å². The number of phosphoric acid groups is 2. The second kappa shape index (κ2) is 17.1. The largest absolute Gasteiger partial charge is 0.479 e. The van der Waals surface area contributed by atoms with E-state index in [4.69, 9.17) is 32.5 Å². The molecule has 0 spiro atoms. The Balaban J connectivity index is 1.05. The molecule has 0 bridgehead atoms. The fourth-order valence-electron chi connectivity index (χ4n) is 5.52. The normalized spacial score (nSPS) is 29.9. The van der Waals surface area contributed by atoms with E-state index in [1.165, 1.54) is 21.8 Å². The molecule has 2 saturated heterocycles. The van der Waals surface area contributed by atoms with Crippen LogP contribution in [0.3, 0.4) is 0 Å². The second-order valence-corrected chi connectivity index (χ2v) is 22.0. The minimum Gasteiger partial charge on any atom is -0.387 e. The van der Waals surface area contributed by atoms with Gasteiger partial charge in [0, 0.05) is 0 Å². The van der Waals surface area contributed by atoms with Crippen LogP contribution in [0.1, 0.15) is 12.5 Å². The van der Waals surface area contributed by atoms with Gasteiger partial charge in [-0.05, 0) is 12.5 Å². The van der Waals surface area contributed by atoms with Crippen LogP contribution in [0.25, 0.3) is 22.3 Å². The predicted octanol–water partition coefficient (Wildman–Crippen LogP) is -0.327. The molecule has 28 nitrogen and oxygen atoms in total. The van der Waals surface area contributed by atoms with Gasteiger partial charge in [0.05, 0.1) is 25.9 Å². The number of alkyl halides is 1. The summed E-state index contributed by atoms with van der Waals surface area (Å²) in [5.41, 5.74) is 12.3. The van der Waals surface area contributed by atoms with E-state index in [0.29, 0.717) is 0 Å². The molecule has 0 aliphatic carbocycles. The van der Waals surface area contributed by atoms with Crippen LogP contribution in [0.5, 0.6) is 0 Å². The number of thioether (sulfide) groups is 2. The van der Waals surface area contributed by atoms with Crippen molar-refractivity contribution in [2.75, 3.05) is 37.2 Å². The van der Waals surface area contributed by atoms with Crippen molar-refractivity contribution in [2.45, 2.75) is 64.3 Å². The number of fused-ring (bicyclic) bond motifs is 2. The third-order valence-corrected chi connectivity index (χ3v) is 18.1. The topological polar surface area (TPSA) is 425 Å². The lowest BCUT2D eigenvalue weighted by molar-refractivity contribution is -0.0502. The van der Waals surface area contributed by atoms with Crippen molar-refractivity contribution in [2.24, 2.45) is 0 Å². The fourth-order valence-corrected chi connectivity index (χ4v) is 13.2. The van der Waals surface area contributed by atoms with Crippen molar-refractivity contribution in [3.63, 3.8) is 0 Å². The van der Waals surface area contributed by atoms with Gasteiger partial charge in [-0.3, -0.25) is 27.3 Å². The first-order valence-corrected chi connectivity index (χ1v) is 24.9. The van der Waals surface area contributed by atoms with Crippen LogP contribution in [0, 0.1) is 0 Å². The molecule has 322 valence electrons. The molecule has 4 aromatic heterocycles. The molecule has 2 fully saturated rings. The van der Waals surface area contributed by atoms with Gasteiger partial charge < -0.3 is 60.9 Å². The Kier molecular flexibility index (Phi) is 13.4. The number of nitrogens with two attached hydrogens (primary N) is 2. The molecule has 4 aromatic rings. The highest BCUT2D eigenvalue weighted by atomic mass is 35.5. The monoisotopic (exact) mass is 960 g/mol. The van der Waals surface area contributed by atoms with Crippen LogP contribution in [-0.2, 0) is 45.4 Å². The molecule has 12 atom stereocenters. The molecular formula is C23H33ClN10O18P4S2. The summed E-state index contributed by atoms with van der Waals surface area (Å²) in [7, 11) is -23.6. The maximum atomic E-state index is 12.8. The number of aliphatic hydroxyl groups excluding tert-OH is 4. The van der Waals surface area contributed by atoms with Crippen molar-refractivity contribution in [3.05, 3.63) is 12.7 Å². The Labute approximate surface area is 337 Å². The zero-order valence-corrected chi connectivity index (χ0v) is 35.1. The lowest BCUT2D eigenvalue weighted by Crippen LogP contribution is -2.33. The summed E-state index contributed by atoms with van der Waals surface area (Å²) in [6.07, 6.45) is -7.47. The smallest absolute Gasteiger partial charge is 0.387 e. The number of nitrogens with zero attached hydrogens (tertiary/aromatic N) is 8. The summed E-state index contributed by atoms with van der Waals surface area (Å²) in [6.45, 7) is -2.21. The van der Waals surface area contributed by atoms with Gasteiger partial charge in [0.1, 0.15) is 47.7 Å². The molecular weight excluding hydrogens is 928 g/mol. The molecule has 2 aliphatic rings. The van der Waals surface area contributed by atoms with Crippen LogP contribution in [0.2, 0.25) is 0 Å². The average Bonchev–Trinajstić information content (AvgIpc) is 3.90. The Morgan fingerprint density at radius 3 is 1.41 bits per heavy atom. The Morgan fingerprint density at radius 2 is 1.07 bits per heavy atom. The quantitative estimate of drug-likeness (QED) is 0.0297. The number of rotatable bonds is 16. The molecule has 0 radical (unpaired) electrons. The standard InChI is InChI=1S/C23H33ClN10O18P4S2/c1-57-22-29-15(25)9-17(31-22)33(5-27-9)19-13(37)11(35)7(49-19)3-47-55(43,44)51-53(39,40)21(24)54(41,42)52-56(45,46)48-4-8-12(36)14(38)20(50-8)34-6-28-10-16(26)30-23(58-2)32-18(10)34/h5-8,11-14,19-21,35-38H,3-4H2,1-2H3,(H,39,40)(H,41,42)(H,43,44)(H,45,46)(H2,25,29,31)(H2,26,30,32)/t7-,8-,11-,12-,13-,14-,19-,20-/m1/s1. The van der Waals surface area contributed by atoms with Crippen LogP contribution in [0.4, 0.5) is 11.6 Å². The van der Waals surface area contributed by atoms with Crippen molar-refractivity contribution < 1.29 is 85.4 Å². The molecule has 6 heterocycles. The highest BCUT2D eigenvalue weighted by molar-refractivity contribution is 7.98. The highest BCUT2D eigenvalue weighted by Gasteiger charge is 2.54. The number of aliphatic hydroxyl groups is 4. The van der Waals surface area contributed by atoms with Crippen molar-refractivity contribution in [1.29, 1.82) is 0 Å². The van der Waals surface area contributed by atoms with Gasteiger partial charge in [0.15, 0.2) is 45.7 Å². The SMILES string of the molecule is CSc1nc(N)c2ncn([C@@H]3O[C@H](COP(=O)(O)OP(=O)(O)C(Cl)P(=O)(O)OP(=O)(O)OC[C@H]4O[C@@H](n5cnc6c(N)nc(SC)nc65)[C@H](O)[C@@H]4O)[C@@H](O)[C@H]3O)c2n1. The van der Waals surface area contributed by atoms with Gasteiger partial charge in [-0.15, -0.1) is 0 Å². The summed E-state index contributed by atoms with van der Waals surface area (Å²) in [5.74, 6) is -0.00150. The van der Waals surface area contributed by atoms with Gasteiger partial charge in [-0.1, -0.05) is 35.1 Å². The second-order valence-electron chi connectivity index (χ2n) is 12.1. The summed E-state index contributed by atoms with van der Waals surface area (Å²) >= 11 is 7.90. The first-order valence-electron chi connectivity index (χ1n) is 15.8. The van der Waals surface area contributed by atoms with Crippen molar-refractivity contribution in [3.8, 4) is 0 Å². The predicted molar refractivity (Wildman–Crippen MR) is 198 cm³/mol. The molecule has 4 unspecified atom stereocenters. The number of halogens is 1. The van der Waals surface area contributed by atoms with Crippen LogP contribution < -0.4 is 11.5 Å². The first kappa shape index (κ1) is 45.6. The minimum atomic E-state index is -6.04. The van der Waals surface area contributed by atoms with E-state index < -0.39 is 98.0 Å².